The van der Waals surface area contributed by atoms with Gasteiger partial charge in [-0.1, -0.05) is 42.0 Å². The lowest BCUT2D eigenvalue weighted by atomic mass is 9.97. The summed E-state index contributed by atoms with van der Waals surface area (Å²) in [5.74, 6) is -0.746. The van der Waals surface area contributed by atoms with Gasteiger partial charge in [0.25, 0.3) is 0 Å². The second-order valence-corrected chi connectivity index (χ2v) is 7.21. The standard InChI is InChI=1S/C24H24N2O3/c1-15(2)8-7-9-17-12-13-19-20(14-17)24(29)22(21(16(3)27)23(19)28)26-25-18-10-5-4-6-11-18/h4-6,8,10-14,28-29H,7,9H2,1-3H3. The first kappa shape index (κ1) is 20.3. The zero-order valence-corrected chi connectivity index (χ0v) is 16.8. The number of allylic oxidation sites excluding steroid dienone is 2. The topological polar surface area (TPSA) is 82.2 Å². The number of benzene rings is 3. The Labute approximate surface area is 170 Å². The van der Waals surface area contributed by atoms with Crippen LogP contribution in [0.25, 0.3) is 10.8 Å². The number of ketones is 1. The van der Waals surface area contributed by atoms with Crippen molar-refractivity contribution < 1.29 is 15.0 Å². The molecule has 0 spiro atoms. The second-order valence-electron chi connectivity index (χ2n) is 7.21. The summed E-state index contributed by atoms with van der Waals surface area (Å²) in [6.45, 7) is 5.44. The number of Topliss-reactive ketones (excluding diaryl/α,β-unsaturated/α-hetero) is 1. The van der Waals surface area contributed by atoms with Crippen LogP contribution in [0.5, 0.6) is 11.5 Å². The van der Waals surface area contributed by atoms with Crippen molar-refractivity contribution in [1.29, 1.82) is 0 Å². The van der Waals surface area contributed by atoms with Gasteiger partial charge in [0.1, 0.15) is 11.4 Å². The molecule has 0 atom stereocenters. The summed E-state index contributed by atoms with van der Waals surface area (Å²) < 4.78 is 0. The van der Waals surface area contributed by atoms with Crippen LogP contribution < -0.4 is 0 Å². The molecule has 3 rings (SSSR count). The average molecular weight is 388 g/mol. The number of hydrogen-bond acceptors (Lipinski definition) is 5. The molecule has 0 saturated heterocycles. The Balaban J connectivity index is 2.13. The Morgan fingerprint density at radius 3 is 2.31 bits per heavy atom. The third-order valence-electron chi connectivity index (χ3n) is 4.65. The zero-order chi connectivity index (χ0) is 21.0. The van der Waals surface area contributed by atoms with Gasteiger partial charge in [-0.05, 0) is 57.4 Å². The van der Waals surface area contributed by atoms with E-state index in [0.717, 1.165) is 18.4 Å². The minimum absolute atomic E-state index is 0.0206. The number of aromatic hydroxyl groups is 2. The molecule has 29 heavy (non-hydrogen) atoms. The molecule has 0 bridgehead atoms. The van der Waals surface area contributed by atoms with Gasteiger partial charge in [-0.2, -0.15) is 5.11 Å². The maximum Gasteiger partial charge on any atom is 0.165 e. The molecule has 0 fully saturated rings. The predicted molar refractivity (Wildman–Crippen MR) is 116 cm³/mol. The number of carbonyl (C=O) groups is 1. The van der Waals surface area contributed by atoms with Crippen molar-refractivity contribution in [3.63, 3.8) is 0 Å². The third kappa shape index (κ3) is 4.51. The maximum atomic E-state index is 12.2. The Bertz CT molecular complexity index is 1110. The van der Waals surface area contributed by atoms with Gasteiger partial charge in [0, 0.05) is 10.8 Å². The number of phenolic OH excluding ortho intramolecular Hbond substituents is 2. The summed E-state index contributed by atoms with van der Waals surface area (Å²) in [4.78, 5) is 12.2. The molecule has 0 aliphatic heterocycles. The third-order valence-corrected chi connectivity index (χ3v) is 4.65. The van der Waals surface area contributed by atoms with Crippen LogP contribution in [0, 0.1) is 0 Å². The average Bonchev–Trinajstić information content (AvgIpc) is 2.69. The van der Waals surface area contributed by atoms with Crippen molar-refractivity contribution in [2.45, 2.75) is 33.6 Å². The van der Waals surface area contributed by atoms with Crippen molar-refractivity contribution in [3.05, 3.63) is 71.3 Å². The van der Waals surface area contributed by atoms with Crippen LogP contribution in [-0.4, -0.2) is 16.0 Å². The molecule has 0 aromatic heterocycles. The molecule has 0 amide bonds. The highest BCUT2D eigenvalue weighted by Crippen LogP contribution is 2.45. The molecular formula is C24H24N2O3. The predicted octanol–water partition coefficient (Wildman–Crippen LogP) is 6.77. The fourth-order valence-corrected chi connectivity index (χ4v) is 3.20. The quantitative estimate of drug-likeness (QED) is 0.212. The molecule has 0 saturated carbocycles. The van der Waals surface area contributed by atoms with Crippen LogP contribution in [-0.2, 0) is 6.42 Å². The van der Waals surface area contributed by atoms with E-state index in [0.29, 0.717) is 16.5 Å². The van der Waals surface area contributed by atoms with Gasteiger partial charge >= 0.3 is 0 Å². The SMILES string of the molecule is CC(=O)c1c(N=Nc2ccccc2)c(O)c2cc(CCC=C(C)C)ccc2c1O. The highest BCUT2D eigenvalue weighted by molar-refractivity contribution is 6.11. The number of hydrogen-bond donors (Lipinski definition) is 2. The minimum atomic E-state index is -0.394. The van der Waals surface area contributed by atoms with E-state index in [1.165, 1.54) is 12.5 Å². The summed E-state index contributed by atoms with van der Waals surface area (Å²) >= 11 is 0. The van der Waals surface area contributed by atoms with E-state index in [-0.39, 0.29) is 22.7 Å². The summed E-state index contributed by atoms with van der Waals surface area (Å²) in [7, 11) is 0. The second kappa shape index (κ2) is 8.69. The highest BCUT2D eigenvalue weighted by atomic mass is 16.3. The number of phenols is 2. The fraction of sp³-hybridized carbons (Fsp3) is 0.208. The van der Waals surface area contributed by atoms with Crippen LogP contribution in [0.2, 0.25) is 0 Å². The number of nitrogens with zero attached hydrogens (tertiary/aromatic N) is 2. The summed E-state index contributed by atoms with van der Waals surface area (Å²) in [5, 5.41) is 30.7. The van der Waals surface area contributed by atoms with E-state index in [4.69, 9.17) is 0 Å². The first-order valence-electron chi connectivity index (χ1n) is 9.50. The van der Waals surface area contributed by atoms with E-state index in [2.05, 4.69) is 30.2 Å². The first-order valence-corrected chi connectivity index (χ1v) is 9.50. The van der Waals surface area contributed by atoms with Gasteiger partial charge in [0.05, 0.1) is 11.3 Å². The van der Waals surface area contributed by atoms with Crippen LogP contribution in [0.4, 0.5) is 11.4 Å². The van der Waals surface area contributed by atoms with Gasteiger partial charge in [0.2, 0.25) is 0 Å². The van der Waals surface area contributed by atoms with Crippen LogP contribution in [0.15, 0.2) is 70.4 Å². The summed E-state index contributed by atoms with van der Waals surface area (Å²) in [6, 6.07) is 14.5. The Morgan fingerprint density at radius 2 is 1.66 bits per heavy atom. The molecule has 5 heteroatoms. The largest absolute Gasteiger partial charge is 0.506 e. The van der Waals surface area contributed by atoms with Crippen molar-refractivity contribution in [2.24, 2.45) is 10.2 Å². The number of carbonyl (C=O) groups excluding carboxylic acids is 1. The molecule has 148 valence electrons. The molecule has 0 radical (unpaired) electrons. The lowest BCUT2D eigenvalue weighted by molar-refractivity contribution is 0.101. The zero-order valence-electron chi connectivity index (χ0n) is 16.8. The number of fused-ring (bicyclic) bond motifs is 1. The Hall–Kier alpha value is -3.47. The molecule has 5 nitrogen and oxygen atoms in total. The van der Waals surface area contributed by atoms with E-state index in [9.17, 15) is 15.0 Å². The van der Waals surface area contributed by atoms with Gasteiger partial charge < -0.3 is 10.2 Å². The molecule has 0 heterocycles. The molecule has 0 aliphatic carbocycles. The lowest BCUT2D eigenvalue weighted by Gasteiger charge is -2.13. The van der Waals surface area contributed by atoms with Crippen molar-refractivity contribution in [3.8, 4) is 11.5 Å². The van der Waals surface area contributed by atoms with Gasteiger partial charge in [-0.25, -0.2) is 0 Å². The van der Waals surface area contributed by atoms with E-state index in [1.807, 2.05) is 30.3 Å². The van der Waals surface area contributed by atoms with Crippen molar-refractivity contribution in [1.82, 2.24) is 0 Å². The number of azo groups is 1. The lowest BCUT2D eigenvalue weighted by Crippen LogP contribution is -1.96. The molecule has 0 aliphatic rings. The molecule has 2 N–H and O–H groups in total. The normalized spacial score (nSPS) is 11.1. The Kier molecular flexibility index (Phi) is 6.07. The van der Waals surface area contributed by atoms with Crippen LogP contribution in [0.1, 0.15) is 43.1 Å². The van der Waals surface area contributed by atoms with E-state index in [1.54, 1.807) is 18.2 Å². The summed E-state index contributed by atoms with van der Waals surface area (Å²) in [6.07, 6.45) is 3.84. The molecule has 3 aromatic carbocycles. The number of rotatable bonds is 6. The van der Waals surface area contributed by atoms with E-state index >= 15 is 0 Å². The monoisotopic (exact) mass is 388 g/mol. The van der Waals surface area contributed by atoms with E-state index < -0.39 is 5.78 Å². The van der Waals surface area contributed by atoms with Gasteiger partial charge in [-0.3, -0.25) is 4.79 Å². The molecule has 3 aromatic rings. The highest BCUT2D eigenvalue weighted by Gasteiger charge is 2.22. The minimum Gasteiger partial charge on any atom is -0.506 e. The van der Waals surface area contributed by atoms with Crippen LogP contribution >= 0.6 is 0 Å². The smallest absolute Gasteiger partial charge is 0.165 e. The van der Waals surface area contributed by atoms with Crippen molar-refractivity contribution >= 4 is 27.9 Å². The summed E-state index contributed by atoms with van der Waals surface area (Å²) in [5.41, 5.74) is 2.79. The number of aryl methyl sites for hydroxylation is 1. The Morgan fingerprint density at radius 1 is 0.931 bits per heavy atom. The van der Waals surface area contributed by atoms with Gasteiger partial charge in [0.15, 0.2) is 11.5 Å². The first-order chi connectivity index (χ1) is 13.9. The molecule has 0 unspecified atom stereocenters. The molecular weight excluding hydrogens is 364 g/mol. The van der Waals surface area contributed by atoms with Gasteiger partial charge in [-0.15, -0.1) is 5.11 Å². The van der Waals surface area contributed by atoms with Crippen molar-refractivity contribution in [2.75, 3.05) is 0 Å². The maximum absolute atomic E-state index is 12.2. The fourth-order valence-electron chi connectivity index (χ4n) is 3.20. The van der Waals surface area contributed by atoms with Crippen LogP contribution in [0.3, 0.4) is 0 Å².